The predicted molar refractivity (Wildman–Crippen MR) is 107 cm³/mol. The van der Waals surface area contributed by atoms with Crippen molar-refractivity contribution < 1.29 is 9.18 Å². The zero-order valence-corrected chi connectivity index (χ0v) is 15.0. The van der Waals surface area contributed by atoms with Gasteiger partial charge in [-0.3, -0.25) is 4.79 Å². The molecular weight excluding hydrogens is 355 g/mol. The molecule has 28 heavy (non-hydrogen) atoms. The van der Waals surface area contributed by atoms with Crippen LogP contribution < -0.4 is 5.32 Å². The summed E-state index contributed by atoms with van der Waals surface area (Å²) < 4.78 is 14.5. The van der Waals surface area contributed by atoms with Crippen molar-refractivity contribution in [1.82, 2.24) is 14.9 Å². The van der Waals surface area contributed by atoms with Gasteiger partial charge in [-0.25, -0.2) is 14.4 Å². The zero-order chi connectivity index (χ0) is 19.7. The highest BCUT2D eigenvalue weighted by molar-refractivity contribution is 5.91. The van der Waals surface area contributed by atoms with Gasteiger partial charge in [0.1, 0.15) is 12.1 Å². The first-order chi connectivity index (χ1) is 13.6. The summed E-state index contributed by atoms with van der Waals surface area (Å²) >= 11 is 0. The minimum absolute atomic E-state index is 0.0633. The summed E-state index contributed by atoms with van der Waals surface area (Å²) in [5.41, 5.74) is 2.27. The lowest BCUT2D eigenvalue weighted by Crippen LogP contribution is -2.47. The van der Waals surface area contributed by atoms with E-state index in [1.54, 1.807) is 23.1 Å². The van der Waals surface area contributed by atoms with Crippen molar-refractivity contribution in [3.05, 3.63) is 72.3 Å². The van der Waals surface area contributed by atoms with Gasteiger partial charge in [0.25, 0.3) is 0 Å². The first kappa shape index (κ1) is 17.7. The Hall–Kier alpha value is -3.72. The molecule has 4 rings (SSSR count). The molecule has 6 heteroatoms. The van der Waals surface area contributed by atoms with Crippen molar-refractivity contribution in [3.63, 3.8) is 0 Å². The number of amides is 1. The third kappa shape index (κ3) is 3.08. The fraction of sp³-hybridized carbons (Fsp3) is 0.136. The van der Waals surface area contributed by atoms with E-state index in [1.165, 1.54) is 12.4 Å². The minimum Gasteiger partial charge on any atom is -0.338 e. The third-order valence-corrected chi connectivity index (χ3v) is 4.91. The SMILES string of the molecule is C#Cc1cccc(Nc2ncnc3ccc(C4CN(C(=O)C=C)C4)cc23)c1F. The van der Waals surface area contributed by atoms with Crippen LogP contribution in [0.25, 0.3) is 10.9 Å². The Bertz CT molecular complexity index is 1130. The number of nitrogens with one attached hydrogen (secondary N) is 1. The molecule has 1 amide bonds. The second-order valence-electron chi connectivity index (χ2n) is 6.58. The second-order valence-corrected chi connectivity index (χ2v) is 6.58. The first-order valence-electron chi connectivity index (χ1n) is 8.79. The van der Waals surface area contributed by atoms with Crippen molar-refractivity contribution in [2.75, 3.05) is 18.4 Å². The van der Waals surface area contributed by atoms with Crippen molar-refractivity contribution in [2.45, 2.75) is 5.92 Å². The number of hydrogen-bond acceptors (Lipinski definition) is 4. The van der Waals surface area contributed by atoms with Crippen LogP contribution in [0.4, 0.5) is 15.9 Å². The number of carbonyl (C=O) groups excluding carboxylic acids is 1. The number of aromatic nitrogens is 2. The highest BCUT2D eigenvalue weighted by Gasteiger charge is 2.30. The lowest BCUT2D eigenvalue weighted by Gasteiger charge is -2.39. The molecule has 1 saturated heterocycles. The quantitative estimate of drug-likeness (QED) is 0.562. The molecule has 2 heterocycles. The van der Waals surface area contributed by atoms with Gasteiger partial charge in [0.15, 0.2) is 5.82 Å². The monoisotopic (exact) mass is 372 g/mol. The van der Waals surface area contributed by atoms with Gasteiger partial charge >= 0.3 is 0 Å². The number of carbonyl (C=O) groups is 1. The molecule has 0 spiro atoms. The van der Waals surface area contributed by atoms with Gasteiger partial charge in [-0.05, 0) is 35.9 Å². The molecule has 0 radical (unpaired) electrons. The molecule has 0 saturated carbocycles. The van der Waals surface area contributed by atoms with E-state index in [2.05, 4.69) is 27.8 Å². The van der Waals surface area contributed by atoms with E-state index in [-0.39, 0.29) is 23.1 Å². The predicted octanol–water partition coefficient (Wildman–Crippen LogP) is 3.61. The highest BCUT2D eigenvalue weighted by Crippen LogP contribution is 2.32. The van der Waals surface area contributed by atoms with Gasteiger partial charge in [-0.15, -0.1) is 6.42 Å². The molecule has 0 bridgehead atoms. The van der Waals surface area contributed by atoms with Crippen molar-refractivity contribution in [2.24, 2.45) is 0 Å². The molecule has 5 nitrogen and oxygen atoms in total. The largest absolute Gasteiger partial charge is 0.338 e. The molecule has 2 aromatic carbocycles. The number of likely N-dealkylation sites (tertiary alicyclic amines) is 1. The van der Waals surface area contributed by atoms with Crippen molar-refractivity contribution in [3.8, 4) is 12.3 Å². The molecule has 138 valence electrons. The second kappa shape index (κ2) is 7.12. The van der Waals surface area contributed by atoms with Crippen LogP contribution in [-0.2, 0) is 4.79 Å². The number of anilines is 2. The molecule has 1 aromatic heterocycles. The van der Waals surface area contributed by atoms with E-state index in [1.807, 2.05) is 18.2 Å². The summed E-state index contributed by atoms with van der Waals surface area (Å²) in [5.74, 6) is 2.51. The van der Waals surface area contributed by atoms with E-state index in [9.17, 15) is 9.18 Å². The van der Waals surface area contributed by atoms with E-state index < -0.39 is 5.82 Å². The number of fused-ring (bicyclic) bond motifs is 1. The van der Waals surface area contributed by atoms with Crippen LogP contribution in [0.3, 0.4) is 0 Å². The maximum Gasteiger partial charge on any atom is 0.245 e. The molecule has 0 atom stereocenters. The Morgan fingerprint density at radius 1 is 1.32 bits per heavy atom. The van der Waals surface area contributed by atoms with E-state index in [0.29, 0.717) is 18.9 Å². The Kier molecular flexibility index (Phi) is 4.50. The van der Waals surface area contributed by atoms with Crippen LogP contribution in [0.2, 0.25) is 0 Å². The van der Waals surface area contributed by atoms with Crippen LogP contribution >= 0.6 is 0 Å². The Morgan fingerprint density at radius 2 is 2.14 bits per heavy atom. The van der Waals surface area contributed by atoms with Crippen LogP contribution in [0.5, 0.6) is 0 Å². The van der Waals surface area contributed by atoms with Gasteiger partial charge in [-0.1, -0.05) is 24.6 Å². The molecule has 1 aliphatic rings. The van der Waals surface area contributed by atoms with Crippen molar-refractivity contribution >= 4 is 28.3 Å². The van der Waals surface area contributed by atoms with Gasteiger partial charge in [0.2, 0.25) is 5.91 Å². The maximum atomic E-state index is 14.5. The summed E-state index contributed by atoms with van der Waals surface area (Å²) in [6.07, 6.45) is 8.10. The highest BCUT2D eigenvalue weighted by atomic mass is 19.1. The fourth-order valence-electron chi connectivity index (χ4n) is 3.29. The number of benzene rings is 2. The Balaban J connectivity index is 1.66. The molecular formula is C22H17FN4O. The molecule has 3 aromatic rings. The summed E-state index contributed by atoms with van der Waals surface area (Å²) in [5, 5.41) is 3.81. The number of terminal acetylenes is 1. The Labute approximate surface area is 161 Å². The van der Waals surface area contributed by atoms with Crippen LogP contribution in [-0.4, -0.2) is 33.9 Å². The zero-order valence-electron chi connectivity index (χ0n) is 15.0. The third-order valence-electron chi connectivity index (χ3n) is 4.91. The summed E-state index contributed by atoms with van der Waals surface area (Å²) in [6.45, 7) is 4.80. The van der Waals surface area contributed by atoms with Gasteiger partial charge in [-0.2, -0.15) is 0 Å². The molecule has 0 unspecified atom stereocenters. The van der Waals surface area contributed by atoms with Gasteiger partial charge in [0, 0.05) is 24.4 Å². The van der Waals surface area contributed by atoms with E-state index in [0.717, 1.165) is 16.5 Å². The lowest BCUT2D eigenvalue weighted by atomic mass is 9.90. The smallest absolute Gasteiger partial charge is 0.245 e. The lowest BCUT2D eigenvalue weighted by molar-refractivity contribution is -0.130. The van der Waals surface area contributed by atoms with Crippen LogP contribution in [0.15, 0.2) is 55.4 Å². The van der Waals surface area contributed by atoms with Gasteiger partial charge in [0.05, 0.1) is 16.8 Å². The molecule has 1 aliphatic heterocycles. The normalized spacial score (nSPS) is 13.6. The standard InChI is InChI=1S/C22H17FN4O/c1-3-14-6-5-7-19(21(14)23)26-22-17-10-15(8-9-18(17)24-13-25-22)16-11-27(12-16)20(28)4-2/h1,4-10,13,16H,2,11-12H2,(H,24,25,26). The first-order valence-corrected chi connectivity index (χ1v) is 8.79. The maximum absolute atomic E-state index is 14.5. The Morgan fingerprint density at radius 3 is 2.89 bits per heavy atom. The van der Waals surface area contributed by atoms with E-state index in [4.69, 9.17) is 6.42 Å². The number of rotatable bonds is 4. The molecule has 1 N–H and O–H groups in total. The fourth-order valence-corrected chi connectivity index (χ4v) is 3.29. The summed E-state index contributed by atoms with van der Waals surface area (Å²) in [7, 11) is 0. The van der Waals surface area contributed by atoms with Crippen LogP contribution in [0, 0.1) is 18.2 Å². The summed E-state index contributed by atoms with van der Waals surface area (Å²) in [6, 6.07) is 10.7. The van der Waals surface area contributed by atoms with Crippen molar-refractivity contribution in [1.29, 1.82) is 0 Å². The number of hydrogen-bond donors (Lipinski definition) is 1. The van der Waals surface area contributed by atoms with Gasteiger partial charge < -0.3 is 10.2 Å². The minimum atomic E-state index is -0.495. The van der Waals surface area contributed by atoms with Crippen LogP contribution in [0.1, 0.15) is 17.0 Å². The topological polar surface area (TPSA) is 58.1 Å². The van der Waals surface area contributed by atoms with E-state index >= 15 is 0 Å². The molecule has 0 aliphatic carbocycles. The molecule has 1 fully saturated rings. The number of halogens is 1. The average Bonchev–Trinajstić information content (AvgIpc) is 2.68. The summed E-state index contributed by atoms with van der Waals surface area (Å²) in [4.78, 5) is 22.0. The number of nitrogens with zero attached hydrogens (tertiary/aromatic N) is 3. The average molecular weight is 372 g/mol.